The van der Waals surface area contributed by atoms with Gasteiger partial charge in [-0.15, -0.1) is 0 Å². The van der Waals surface area contributed by atoms with Crippen molar-refractivity contribution >= 4 is 29.1 Å². The quantitative estimate of drug-likeness (QED) is 0.523. The lowest BCUT2D eigenvalue weighted by atomic mass is 10.0. The lowest BCUT2D eigenvalue weighted by Crippen LogP contribution is -2.49. The van der Waals surface area contributed by atoms with E-state index in [1.807, 2.05) is 25.1 Å². The molecule has 0 saturated heterocycles. The number of nitrogens with one attached hydrogen (secondary N) is 3. The molecule has 2 aromatic carbocycles. The van der Waals surface area contributed by atoms with Crippen LogP contribution in [0, 0.1) is 6.92 Å². The summed E-state index contributed by atoms with van der Waals surface area (Å²) in [5.41, 5.74) is 7.69. The zero-order chi connectivity index (χ0) is 22.3. The number of hydrogen-bond acceptors (Lipinski definition) is 5. The largest absolute Gasteiger partial charge is 0.495 e. The topological polar surface area (TPSA) is 88.7 Å². The zero-order valence-corrected chi connectivity index (χ0v) is 18.6. The number of carbonyl (C=O) groups is 2. The van der Waals surface area contributed by atoms with Crippen LogP contribution in [0.25, 0.3) is 0 Å². The van der Waals surface area contributed by atoms with Crippen LogP contribution < -0.4 is 25.6 Å². The minimum atomic E-state index is -0.706. The number of hydrazine groups is 1. The SMILES string of the molecule is COc1ccc(Cl)cc1NC(=O)C(C)NNC(=O)COc1cc(C)ccc1C(C)C. The van der Waals surface area contributed by atoms with Gasteiger partial charge in [-0.3, -0.25) is 15.0 Å². The first-order valence-electron chi connectivity index (χ1n) is 9.63. The molecule has 0 aromatic heterocycles. The van der Waals surface area contributed by atoms with Gasteiger partial charge in [0.05, 0.1) is 12.8 Å². The van der Waals surface area contributed by atoms with E-state index in [1.165, 1.54) is 7.11 Å². The number of carbonyl (C=O) groups excluding carboxylic acids is 2. The zero-order valence-electron chi connectivity index (χ0n) is 17.8. The second-order valence-corrected chi connectivity index (χ2v) is 7.67. The molecule has 8 heteroatoms. The van der Waals surface area contributed by atoms with Crippen LogP contribution in [0.1, 0.15) is 37.8 Å². The molecule has 0 aliphatic heterocycles. The normalized spacial score (nSPS) is 11.7. The average Bonchev–Trinajstić information content (AvgIpc) is 2.70. The van der Waals surface area contributed by atoms with E-state index in [1.54, 1.807) is 25.1 Å². The highest BCUT2D eigenvalue weighted by Crippen LogP contribution is 2.28. The summed E-state index contributed by atoms with van der Waals surface area (Å²) in [5.74, 6) is 0.674. The highest BCUT2D eigenvalue weighted by molar-refractivity contribution is 6.31. The van der Waals surface area contributed by atoms with Gasteiger partial charge >= 0.3 is 0 Å². The van der Waals surface area contributed by atoms with Gasteiger partial charge in [-0.1, -0.05) is 37.6 Å². The molecule has 7 nitrogen and oxygen atoms in total. The van der Waals surface area contributed by atoms with E-state index in [9.17, 15) is 9.59 Å². The molecule has 0 aliphatic rings. The van der Waals surface area contributed by atoms with Crippen LogP contribution in [0.2, 0.25) is 5.02 Å². The number of methoxy groups -OCH3 is 1. The number of amides is 2. The molecule has 30 heavy (non-hydrogen) atoms. The smallest absolute Gasteiger partial charge is 0.272 e. The van der Waals surface area contributed by atoms with Crippen LogP contribution in [0.4, 0.5) is 5.69 Å². The number of hydrogen-bond donors (Lipinski definition) is 3. The molecule has 0 spiro atoms. The Labute approximate surface area is 182 Å². The summed E-state index contributed by atoms with van der Waals surface area (Å²) >= 11 is 5.97. The molecule has 0 bridgehead atoms. The van der Waals surface area contributed by atoms with Gasteiger partial charge in [-0.25, -0.2) is 5.43 Å². The molecule has 2 aromatic rings. The van der Waals surface area contributed by atoms with Gasteiger partial charge in [-0.05, 0) is 55.2 Å². The molecule has 0 saturated carbocycles. The number of aryl methyl sites for hydroxylation is 1. The number of ether oxygens (including phenoxy) is 2. The lowest BCUT2D eigenvalue weighted by molar-refractivity contribution is -0.125. The fraction of sp³-hybridized carbons (Fsp3) is 0.364. The fourth-order valence-corrected chi connectivity index (χ4v) is 2.87. The van der Waals surface area contributed by atoms with E-state index in [0.29, 0.717) is 22.2 Å². The van der Waals surface area contributed by atoms with Crippen molar-refractivity contribution in [2.75, 3.05) is 19.0 Å². The van der Waals surface area contributed by atoms with Crippen LogP contribution in [0.5, 0.6) is 11.5 Å². The Hall–Kier alpha value is -2.77. The maximum absolute atomic E-state index is 12.4. The molecule has 2 amide bonds. The Morgan fingerprint density at radius 2 is 1.80 bits per heavy atom. The Bertz CT molecular complexity index is 902. The first kappa shape index (κ1) is 23.5. The van der Waals surface area contributed by atoms with Crippen LogP contribution >= 0.6 is 11.6 Å². The Morgan fingerprint density at radius 1 is 1.07 bits per heavy atom. The van der Waals surface area contributed by atoms with Gasteiger partial charge in [0.25, 0.3) is 5.91 Å². The minimum absolute atomic E-state index is 0.174. The second-order valence-electron chi connectivity index (χ2n) is 7.23. The molecule has 3 N–H and O–H groups in total. The Morgan fingerprint density at radius 3 is 2.47 bits per heavy atom. The predicted molar refractivity (Wildman–Crippen MR) is 118 cm³/mol. The third kappa shape index (κ3) is 6.64. The van der Waals surface area contributed by atoms with Gasteiger partial charge < -0.3 is 14.8 Å². The van der Waals surface area contributed by atoms with E-state index in [4.69, 9.17) is 21.1 Å². The minimum Gasteiger partial charge on any atom is -0.495 e. The third-order valence-electron chi connectivity index (χ3n) is 4.39. The summed E-state index contributed by atoms with van der Waals surface area (Å²) in [4.78, 5) is 24.5. The van der Waals surface area contributed by atoms with Crippen LogP contribution in [-0.4, -0.2) is 31.6 Å². The van der Waals surface area contributed by atoms with E-state index in [2.05, 4.69) is 30.0 Å². The van der Waals surface area contributed by atoms with Crippen molar-refractivity contribution in [1.29, 1.82) is 0 Å². The van der Waals surface area contributed by atoms with Gasteiger partial charge in [0.2, 0.25) is 5.91 Å². The first-order valence-corrected chi connectivity index (χ1v) is 10.0. The maximum Gasteiger partial charge on any atom is 0.272 e. The third-order valence-corrected chi connectivity index (χ3v) is 4.63. The van der Waals surface area contributed by atoms with Crippen molar-refractivity contribution in [2.45, 2.75) is 39.7 Å². The number of benzene rings is 2. The predicted octanol–water partition coefficient (Wildman–Crippen LogP) is 3.81. The summed E-state index contributed by atoms with van der Waals surface area (Å²) in [6.07, 6.45) is 0. The highest BCUT2D eigenvalue weighted by atomic mass is 35.5. The fourth-order valence-electron chi connectivity index (χ4n) is 2.70. The second kappa shape index (κ2) is 10.8. The first-order chi connectivity index (χ1) is 14.2. The molecule has 0 fully saturated rings. The van der Waals surface area contributed by atoms with E-state index in [-0.39, 0.29) is 18.4 Å². The molecule has 0 aliphatic carbocycles. The molecule has 0 radical (unpaired) electrons. The maximum atomic E-state index is 12.4. The number of anilines is 1. The van der Waals surface area contributed by atoms with Crippen LogP contribution in [-0.2, 0) is 9.59 Å². The van der Waals surface area contributed by atoms with E-state index in [0.717, 1.165) is 11.1 Å². The van der Waals surface area contributed by atoms with Crippen LogP contribution in [0.15, 0.2) is 36.4 Å². The Balaban J connectivity index is 1.87. The van der Waals surface area contributed by atoms with Gasteiger partial charge in [0.1, 0.15) is 17.5 Å². The molecule has 1 unspecified atom stereocenters. The molecular weight excluding hydrogens is 406 g/mol. The van der Waals surface area contributed by atoms with Crippen molar-refractivity contribution < 1.29 is 19.1 Å². The molecule has 162 valence electrons. The van der Waals surface area contributed by atoms with Crippen molar-refractivity contribution in [1.82, 2.24) is 10.9 Å². The van der Waals surface area contributed by atoms with Crippen molar-refractivity contribution in [3.8, 4) is 11.5 Å². The van der Waals surface area contributed by atoms with E-state index < -0.39 is 11.9 Å². The highest BCUT2D eigenvalue weighted by Gasteiger charge is 2.16. The van der Waals surface area contributed by atoms with Crippen molar-refractivity contribution in [3.63, 3.8) is 0 Å². The number of halogens is 1. The average molecular weight is 434 g/mol. The molecule has 1 atom stereocenters. The van der Waals surface area contributed by atoms with Crippen LogP contribution in [0.3, 0.4) is 0 Å². The molecule has 2 rings (SSSR count). The van der Waals surface area contributed by atoms with Gasteiger partial charge in [0, 0.05) is 5.02 Å². The lowest BCUT2D eigenvalue weighted by Gasteiger charge is -2.17. The van der Waals surface area contributed by atoms with E-state index >= 15 is 0 Å². The van der Waals surface area contributed by atoms with Crippen molar-refractivity contribution in [3.05, 3.63) is 52.5 Å². The monoisotopic (exact) mass is 433 g/mol. The summed E-state index contributed by atoms with van der Waals surface area (Å²) in [7, 11) is 1.50. The summed E-state index contributed by atoms with van der Waals surface area (Å²) < 4.78 is 10.9. The molecular formula is C22H28ClN3O4. The number of rotatable bonds is 9. The molecule has 0 heterocycles. The summed E-state index contributed by atoms with van der Waals surface area (Å²) in [5, 5.41) is 3.18. The van der Waals surface area contributed by atoms with Crippen molar-refractivity contribution in [2.24, 2.45) is 0 Å². The standard InChI is InChI=1S/C22H28ClN3O4/c1-13(2)17-8-6-14(3)10-20(17)30-12-21(27)26-25-15(4)22(28)24-18-11-16(23)7-9-19(18)29-5/h6-11,13,15,25H,12H2,1-5H3,(H,24,28)(H,26,27). The van der Waals surface area contributed by atoms with Gasteiger partial charge in [0.15, 0.2) is 6.61 Å². The van der Waals surface area contributed by atoms with Gasteiger partial charge in [-0.2, -0.15) is 0 Å². The summed E-state index contributed by atoms with van der Waals surface area (Å²) in [6.45, 7) is 7.54. The summed E-state index contributed by atoms with van der Waals surface area (Å²) in [6, 6.07) is 10.1. The Kier molecular flexibility index (Phi) is 8.50.